The Morgan fingerprint density at radius 2 is 1.85 bits per heavy atom. The zero-order valence-corrected chi connectivity index (χ0v) is 14.9. The number of carbonyl (C=O) groups is 2. The number of benzene rings is 1. The summed E-state index contributed by atoms with van der Waals surface area (Å²) in [7, 11) is 0. The van der Waals surface area contributed by atoms with Crippen LogP contribution in [0, 0.1) is 6.92 Å². The Balaban J connectivity index is 1.38. The van der Waals surface area contributed by atoms with Crippen LogP contribution in [0.5, 0.6) is 5.75 Å². The Labute approximate surface area is 156 Å². The highest BCUT2D eigenvalue weighted by Gasteiger charge is 2.27. The van der Waals surface area contributed by atoms with Crippen molar-refractivity contribution < 1.29 is 18.7 Å². The molecule has 0 atom stereocenters. The molecule has 1 aromatic carbocycles. The number of carbonyl (C=O) groups excluding carboxylic acids is 2. The molecule has 0 aliphatic carbocycles. The molecular formula is C20H19N3O4. The topological polar surface area (TPSA) is 75.9 Å². The number of aromatic nitrogens is 1. The van der Waals surface area contributed by atoms with E-state index in [0.717, 1.165) is 10.9 Å². The van der Waals surface area contributed by atoms with Gasteiger partial charge in [-0.1, -0.05) is 12.1 Å². The summed E-state index contributed by atoms with van der Waals surface area (Å²) >= 11 is 0. The van der Waals surface area contributed by atoms with Crippen LogP contribution in [0.15, 0.2) is 53.2 Å². The highest BCUT2D eigenvalue weighted by Crippen LogP contribution is 2.22. The lowest BCUT2D eigenvalue weighted by Crippen LogP contribution is -2.51. The first kappa shape index (κ1) is 17.1. The molecule has 0 spiro atoms. The smallest absolute Gasteiger partial charge is 0.415 e. The van der Waals surface area contributed by atoms with Gasteiger partial charge in [0.2, 0.25) is 0 Å². The van der Waals surface area contributed by atoms with Gasteiger partial charge in [0, 0.05) is 37.8 Å². The van der Waals surface area contributed by atoms with Gasteiger partial charge in [-0.15, -0.1) is 0 Å². The van der Waals surface area contributed by atoms with E-state index in [-0.39, 0.29) is 5.91 Å². The Morgan fingerprint density at radius 1 is 1.07 bits per heavy atom. The molecule has 0 N–H and O–H groups in total. The van der Waals surface area contributed by atoms with E-state index in [2.05, 4.69) is 4.98 Å². The second-order valence-electron chi connectivity index (χ2n) is 6.49. The van der Waals surface area contributed by atoms with E-state index in [0.29, 0.717) is 43.3 Å². The summed E-state index contributed by atoms with van der Waals surface area (Å²) in [4.78, 5) is 32.1. The lowest BCUT2D eigenvalue weighted by atomic mass is 10.2. The fourth-order valence-corrected chi connectivity index (χ4v) is 3.06. The summed E-state index contributed by atoms with van der Waals surface area (Å²) in [6.45, 7) is 3.65. The maximum Gasteiger partial charge on any atom is 0.415 e. The van der Waals surface area contributed by atoms with Crippen LogP contribution in [-0.2, 0) is 0 Å². The Bertz CT molecular complexity index is 975. The van der Waals surface area contributed by atoms with E-state index in [1.165, 1.54) is 6.20 Å². The third kappa shape index (κ3) is 3.62. The standard InChI is InChI=1S/C20H19N3O4/c1-14-4-5-15-12-18(27-17(15)11-14)19(24)22-7-9-23(10-8-22)20(25)26-16-3-2-6-21-13-16/h2-6,11-13H,7-10H2,1H3. The van der Waals surface area contributed by atoms with Gasteiger partial charge in [0.15, 0.2) is 11.5 Å². The number of amides is 2. The first-order valence-corrected chi connectivity index (χ1v) is 8.76. The van der Waals surface area contributed by atoms with Crippen molar-refractivity contribution in [2.75, 3.05) is 26.2 Å². The van der Waals surface area contributed by atoms with Crippen molar-refractivity contribution in [3.8, 4) is 5.75 Å². The molecule has 138 valence electrons. The predicted octanol–water partition coefficient (Wildman–Crippen LogP) is 3.09. The molecule has 2 amide bonds. The highest BCUT2D eigenvalue weighted by atomic mass is 16.6. The van der Waals surface area contributed by atoms with Crippen molar-refractivity contribution in [3.05, 3.63) is 60.1 Å². The Morgan fingerprint density at radius 3 is 2.59 bits per heavy atom. The zero-order chi connectivity index (χ0) is 18.8. The second-order valence-corrected chi connectivity index (χ2v) is 6.49. The molecule has 2 aromatic heterocycles. The lowest BCUT2D eigenvalue weighted by molar-refractivity contribution is 0.0606. The van der Waals surface area contributed by atoms with Gasteiger partial charge in [-0.05, 0) is 36.8 Å². The van der Waals surface area contributed by atoms with Gasteiger partial charge in [0.1, 0.15) is 5.58 Å². The molecule has 0 unspecified atom stereocenters. The van der Waals surface area contributed by atoms with Crippen LogP contribution in [0.25, 0.3) is 11.0 Å². The fraction of sp³-hybridized carbons (Fsp3) is 0.250. The molecular weight excluding hydrogens is 346 g/mol. The van der Waals surface area contributed by atoms with Gasteiger partial charge in [0.25, 0.3) is 5.91 Å². The van der Waals surface area contributed by atoms with Crippen molar-refractivity contribution in [1.82, 2.24) is 14.8 Å². The second kappa shape index (κ2) is 7.11. The summed E-state index contributed by atoms with van der Waals surface area (Å²) < 4.78 is 11.0. The number of aryl methyl sites for hydroxylation is 1. The number of fused-ring (bicyclic) bond motifs is 1. The van der Waals surface area contributed by atoms with Gasteiger partial charge in [-0.3, -0.25) is 9.78 Å². The number of hydrogen-bond donors (Lipinski definition) is 0. The molecule has 3 heterocycles. The molecule has 27 heavy (non-hydrogen) atoms. The molecule has 3 aromatic rings. The summed E-state index contributed by atoms with van der Waals surface area (Å²) in [6, 6.07) is 11.0. The van der Waals surface area contributed by atoms with Crippen LogP contribution in [0.3, 0.4) is 0 Å². The Kier molecular flexibility index (Phi) is 4.50. The van der Waals surface area contributed by atoms with Gasteiger partial charge in [0.05, 0.1) is 6.20 Å². The Hall–Kier alpha value is -3.35. The fourth-order valence-electron chi connectivity index (χ4n) is 3.06. The average molecular weight is 365 g/mol. The minimum atomic E-state index is -0.436. The zero-order valence-electron chi connectivity index (χ0n) is 14.9. The molecule has 7 nitrogen and oxygen atoms in total. The minimum absolute atomic E-state index is 0.163. The van der Waals surface area contributed by atoms with Crippen LogP contribution in [0.4, 0.5) is 4.79 Å². The SMILES string of the molecule is Cc1ccc2cc(C(=O)N3CCN(C(=O)Oc4cccnc4)CC3)oc2c1. The average Bonchev–Trinajstić information content (AvgIpc) is 3.11. The largest absolute Gasteiger partial charge is 0.451 e. The minimum Gasteiger partial charge on any atom is -0.451 e. The van der Waals surface area contributed by atoms with E-state index in [4.69, 9.17) is 9.15 Å². The number of nitrogens with zero attached hydrogens (tertiary/aromatic N) is 3. The van der Waals surface area contributed by atoms with Crippen LogP contribution < -0.4 is 4.74 Å². The van der Waals surface area contributed by atoms with E-state index >= 15 is 0 Å². The van der Waals surface area contributed by atoms with Crippen molar-refractivity contribution in [2.45, 2.75) is 6.92 Å². The maximum atomic E-state index is 12.7. The number of ether oxygens (including phenoxy) is 1. The summed E-state index contributed by atoms with van der Waals surface area (Å²) in [6.07, 6.45) is 2.66. The van der Waals surface area contributed by atoms with Crippen LogP contribution in [0.1, 0.15) is 16.1 Å². The van der Waals surface area contributed by atoms with Gasteiger partial charge >= 0.3 is 6.09 Å². The van der Waals surface area contributed by atoms with E-state index in [9.17, 15) is 9.59 Å². The molecule has 0 radical (unpaired) electrons. The first-order chi connectivity index (χ1) is 13.1. The first-order valence-electron chi connectivity index (χ1n) is 8.76. The third-order valence-electron chi connectivity index (χ3n) is 4.55. The molecule has 7 heteroatoms. The van der Waals surface area contributed by atoms with Crippen molar-refractivity contribution in [1.29, 1.82) is 0 Å². The van der Waals surface area contributed by atoms with E-state index in [1.54, 1.807) is 34.2 Å². The summed E-state index contributed by atoms with van der Waals surface area (Å²) in [5.74, 6) is 0.560. The number of furan rings is 1. The molecule has 4 rings (SSSR count). The number of hydrogen-bond acceptors (Lipinski definition) is 5. The van der Waals surface area contributed by atoms with Crippen molar-refractivity contribution >= 4 is 23.0 Å². The van der Waals surface area contributed by atoms with Gasteiger partial charge in [-0.25, -0.2) is 4.79 Å². The van der Waals surface area contributed by atoms with Gasteiger partial charge < -0.3 is 19.0 Å². The van der Waals surface area contributed by atoms with E-state index in [1.807, 2.05) is 25.1 Å². The van der Waals surface area contributed by atoms with E-state index < -0.39 is 6.09 Å². The normalized spacial score (nSPS) is 14.4. The predicted molar refractivity (Wildman–Crippen MR) is 98.7 cm³/mol. The molecule has 1 saturated heterocycles. The molecule has 1 aliphatic heterocycles. The van der Waals surface area contributed by atoms with Crippen LogP contribution in [-0.4, -0.2) is 53.0 Å². The van der Waals surface area contributed by atoms with Gasteiger partial charge in [-0.2, -0.15) is 0 Å². The number of pyridine rings is 1. The summed E-state index contributed by atoms with van der Waals surface area (Å²) in [5, 5.41) is 0.905. The number of piperazine rings is 1. The third-order valence-corrected chi connectivity index (χ3v) is 4.55. The van der Waals surface area contributed by atoms with Crippen LogP contribution in [0.2, 0.25) is 0 Å². The molecule has 1 aliphatic rings. The quantitative estimate of drug-likeness (QED) is 0.697. The lowest BCUT2D eigenvalue weighted by Gasteiger charge is -2.33. The number of rotatable bonds is 2. The van der Waals surface area contributed by atoms with Crippen molar-refractivity contribution in [3.63, 3.8) is 0 Å². The molecule has 1 fully saturated rings. The van der Waals surface area contributed by atoms with Crippen LogP contribution >= 0.6 is 0 Å². The molecule has 0 saturated carbocycles. The monoisotopic (exact) mass is 365 g/mol. The highest BCUT2D eigenvalue weighted by molar-refractivity contribution is 5.96. The van der Waals surface area contributed by atoms with Crippen molar-refractivity contribution in [2.24, 2.45) is 0 Å². The maximum absolute atomic E-state index is 12.7. The molecule has 0 bridgehead atoms. The summed E-state index contributed by atoms with van der Waals surface area (Å²) in [5.41, 5.74) is 1.79.